The lowest BCUT2D eigenvalue weighted by molar-refractivity contribution is 0.0698. The van der Waals surface area contributed by atoms with E-state index < -0.39 is 5.97 Å². The first kappa shape index (κ1) is 13.4. The van der Waals surface area contributed by atoms with Gasteiger partial charge in [0.05, 0.1) is 5.56 Å². The third-order valence-corrected chi connectivity index (χ3v) is 3.24. The van der Waals surface area contributed by atoms with E-state index in [0.29, 0.717) is 11.3 Å². The first-order chi connectivity index (χ1) is 9.11. The Morgan fingerprint density at radius 3 is 2.47 bits per heavy atom. The highest BCUT2D eigenvalue weighted by Gasteiger charge is 2.13. The maximum Gasteiger partial charge on any atom is 0.337 e. The van der Waals surface area contributed by atoms with Gasteiger partial charge >= 0.3 is 5.97 Å². The molecule has 2 aromatic carbocycles. The summed E-state index contributed by atoms with van der Waals surface area (Å²) < 4.78 is 0. The topological polar surface area (TPSA) is 49.3 Å². The van der Waals surface area contributed by atoms with Gasteiger partial charge < -0.3 is 10.4 Å². The summed E-state index contributed by atoms with van der Waals surface area (Å²) in [7, 11) is 0. The number of carboxylic acid groups (broad SMARTS) is 1. The Kier molecular flexibility index (Phi) is 4.05. The second kappa shape index (κ2) is 5.74. The molecule has 100 valence electrons. The van der Waals surface area contributed by atoms with Crippen molar-refractivity contribution >= 4 is 22.4 Å². The van der Waals surface area contributed by atoms with Crippen LogP contribution in [0.5, 0.6) is 0 Å². The van der Waals surface area contributed by atoms with Gasteiger partial charge in [-0.3, -0.25) is 0 Å². The van der Waals surface area contributed by atoms with Gasteiger partial charge in [0.25, 0.3) is 0 Å². The normalized spacial score (nSPS) is 12.3. The molecule has 0 aliphatic rings. The Balaban J connectivity index is 2.44. The van der Waals surface area contributed by atoms with Crippen LogP contribution in [-0.2, 0) is 0 Å². The number of hydrogen-bond donors (Lipinski definition) is 2. The number of fused-ring (bicyclic) bond motifs is 1. The van der Waals surface area contributed by atoms with Crippen molar-refractivity contribution in [2.75, 3.05) is 5.32 Å². The highest BCUT2D eigenvalue weighted by Crippen LogP contribution is 2.25. The zero-order valence-corrected chi connectivity index (χ0v) is 11.3. The minimum atomic E-state index is -0.892. The van der Waals surface area contributed by atoms with Crippen molar-refractivity contribution < 1.29 is 9.90 Å². The van der Waals surface area contributed by atoms with E-state index >= 15 is 0 Å². The van der Waals surface area contributed by atoms with E-state index in [-0.39, 0.29) is 6.04 Å². The van der Waals surface area contributed by atoms with E-state index in [2.05, 4.69) is 19.2 Å². The smallest absolute Gasteiger partial charge is 0.337 e. The highest BCUT2D eigenvalue weighted by molar-refractivity contribution is 6.00. The van der Waals surface area contributed by atoms with Crippen LogP contribution in [-0.4, -0.2) is 17.1 Å². The van der Waals surface area contributed by atoms with Crippen LogP contribution < -0.4 is 5.32 Å². The van der Waals surface area contributed by atoms with E-state index in [0.717, 1.165) is 23.6 Å². The Morgan fingerprint density at radius 2 is 1.89 bits per heavy atom. The predicted octanol–water partition coefficient (Wildman–Crippen LogP) is 4.14. The summed E-state index contributed by atoms with van der Waals surface area (Å²) in [5.74, 6) is -0.892. The zero-order valence-electron chi connectivity index (χ0n) is 11.3. The minimum Gasteiger partial charge on any atom is -0.478 e. The molecule has 19 heavy (non-hydrogen) atoms. The molecule has 3 heteroatoms. The number of carboxylic acids is 1. The van der Waals surface area contributed by atoms with E-state index in [4.69, 9.17) is 0 Å². The van der Waals surface area contributed by atoms with Gasteiger partial charge in [-0.2, -0.15) is 0 Å². The number of aromatic carboxylic acids is 1. The number of rotatable bonds is 5. The number of hydrogen-bond acceptors (Lipinski definition) is 2. The molecule has 0 radical (unpaired) electrons. The minimum absolute atomic E-state index is 0.268. The molecule has 0 saturated heterocycles. The van der Waals surface area contributed by atoms with E-state index in [1.165, 1.54) is 0 Å². The summed E-state index contributed by atoms with van der Waals surface area (Å²) in [5.41, 5.74) is 1.04. The van der Waals surface area contributed by atoms with Gasteiger partial charge in [0.2, 0.25) is 0 Å². The number of nitrogens with one attached hydrogen (secondary N) is 1. The van der Waals surface area contributed by atoms with E-state index in [1.54, 1.807) is 6.07 Å². The van der Waals surface area contributed by atoms with Crippen LogP contribution in [0.15, 0.2) is 36.4 Å². The summed E-state index contributed by atoms with van der Waals surface area (Å²) in [4.78, 5) is 11.4. The van der Waals surface area contributed by atoms with Crippen LogP contribution in [0.25, 0.3) is 10.8 Å². The molecular weight excluding hydrogens is 238 g/mol. The third kappa shape index (κ3) is 3.05. The maximum atomic E-state index is 11.4. The Hall–Kier alpha value is -2.03. The van der Waals surface area contributed by atoms with Crippen molar-refractivity contribution in [2.45, 2.75) is 32.7 Å². The molecule has 0 aromatic heterocycles. The fourth-order valence-electron chi connectivity index (χ4n) is 2.31. The lowest BCUT2D eigenvalue weighted by atomic mass is 10.0. The van der Waals surface area contributed by atoms with Crippen LogP contribution in [0.1, 0.15) is 37.0 Å². The van der Waals surface area contributed by atoms with Crippen LogP contribution in [0.3, 0.4) is 0 Å². The average molecular weight is 257 g/mol. The molecule has 1 atom stereocenters. The molecule has 0 amide bonds. The first-order valence-corrected chi connectivity index (χ1v) is 6.64. The van der Waals surface area contributed by atoms with Crippen LogP contribution in [0.2, 0.25) is 0 Å². The van der Waals surface area contributed by atoms with Gasteiger partial charge in [0, 0.05) is 11.7 Å². The van der Waals surface area contributed by atoms with E-state index in [9.17, 15) is 9.90 Å². The average Bonchev–Trinajstić information content (AvgIpc) is 2.38. The summed E-state index contributed by atoms with van der Waals surface area (Å²) in [6.07, 6.45) is 2.09. The SMILES string of the molecule is CCCC(C)Nc1cc2ccccc2cc1C(=O)O. The van der Waals surface area contributed by atoms with Crippen molar-refractivity contribution in [1.82, 2.24) is 0 Å². The summed E-state index contributed by atoms with van der Waals surface area (Å²) in [6, 6.07) is 11.7. The van der Waals surface area contributed by atoms with Gasteiger partial charge in [-0.15, -0.1) is 0 Å². The molecule has 0 heterocycles. The quantitative estimate of drug-likeness (QED) is 0.846. The Labute approximate surface area is 113 Å². The Morgan fingerprint density at radius 1 is 1.26 bits per heavy atom. The van der Waals surface area contributed by atoms with Crippen LogP contribution in [0, 0.1) is 0 Å². The summed E-state index contributed by atoms with van der Waals surface area (Å²) in [5, 5.41) is 14.6. The Bertz CT molecular complexity index is 592. The fraction of sp³-hybridized carbons (Fsp3) is 0.312. The van der Waals surface area contributed by atoms with Crippen molar-refractivity contribution in [3.8, 4) is 0 Å². The molecular formula is C16H19NO2. The monoisotopic (exact) mass is 257 g/mol. The summed E-state index contributed by atoms with van der Waals surface area (Å²) in [6.45, 7) is 4.20. The molecule has 3 nitrogen and oxygen atoms in total. The highest BCUT2D eigenvalue weighted by atomic mass is 16.4. The number of anilines is 1. The second-order valence-corrected chi connectivity index (χ2v) is 4.88. The van der Waals surface area contributed by atoms with Gasteiger partial charge in [0.15, 0.2) is 0 Å². The maximum absolute atomic E-state index is 11.4. The van der Waals surface area contributed by atoms with Crippen LogP contribution in [0.4, 0.5) is 5.69 Å². The standard InChI is InChI=1S/C16H19NO2/c1-3-6-11(2)17-15-10-13-8-5-4-7-12(13)9-14(15)16(18)19/h4-5,7-11,17H,3,6H2,1-2H3,(H,18,19). The van der Waals surface area contributed by atoms with Crippen LogP contribution >= 0.6 is 0 Å². The molecule has 0 saturated carbocycles. The number of carbonyl (C=O) groups is 1. The number of benzene rings is 2. The molecule has 1 unspecified atom stereocenters. The first-order valence-electron chi connectivity index (χ1n) is 6.64. The second-order valence-electron chi connectivity index (χ2n) is 4.88. The molecule has 2 aromatic rings. The molecule has 0 aliphatic carbocycles. The molecule has 2 N–H and O–H groups in total. The zero-order chi connectivity index (χ0) is 13.8. The molecule has 0 aliphatic heterocycles. The third-order valence-electron chi connectivity index (χ3n) is 3.24. The molecule has 0 fully saturated rings. The van der Waals surface area contributed by atoms with Crippen molar-refractivity contribution in [3.05, 3.63) is 42.0 Å². The van der Waals surface area contributed by atoms with Gasteiger partial charge in [0.1, 0.15) is 0 Å². The summed E-state index contributed by atoms with van der Waals surface area (Å²) >= 11 is 0. The molecule has 0 spiro atoms. The lowest BCUT2D eigenvalue weighted by Crippen LogP contribution is -2.17. The lowest BCUT2D eigenvalue weighted by Gasteiger charge is -2.17. The van der Waals surface area contributed by atoms with Gasteiger partial charge in [-0.25, -0.2) is 4.79 Å². The van der Waals surface area contributed by atoms with E-state index in [1.807, 2.05) is 30.3 Å². The van der Waals surface area contributed by atoms with Crippen molar-refractivity contribution in [3.63, 3.8) is 0 Å². The fourth-order valence-corrected chi connectivity index (χ4v) is 2.31. The van der Waals surface area contributed by atoms with Crippen molar-refractivity contribution in [2.24, 2.45) is 0 Å². The van der Waals surface area contributed by atoms with Crippen molar-refractivity contribution in [1.29, 1.82) is 0 Å². The molecule has 2 rings (SSSR count). The van der Waals surface area contributed by atoms with Gasteiger partial charge in [-0.05, 0) is 36.2 Å². The predicted molar refractivity (Wildman–Crippen MR) is 78.9 cm³/mol. The largest absolute Gasteiger partial charge is 0.478 e. The molecule has 0 bridgehead atoms. The van der Waals surface area contributed by atoms with Gasteiger partial charge in [-0.1, -0.05) is 37.6 Å².